The standard InChI is InChI=1S/C56H34F2N2S2/c1-31-49(33-13-11-15-35(57)29-33)56(60-44-22-8-4-18-38(44)40-26-28-48-52(55(40)60)42-20-6-10-24-46(42)62-48)50(34-14-12-16-36(58)30-34)32(2)53(31)59-43-21-7-3-17-37(43)39-25-27-47-51(54(39)59)41-19-5-9-23-45(41)61-47/h3-30H,1-2H3. The highest BCUT2D eigenvalue weighted by Gasteiger charge is 2.30. The molecule has 0 fully saturated rings. The maximum Gasteiger partial charge on any atom is 0.123 e. The van der Waals surface area contributed by atoms with Crippen molar-refractivity contribution in [2.75, 3.05) is 0 Å². The lowest BCUT2D eigenvalue weighted by atomic mass is 9.86. The van der Waals surface area contributed by atoms with Gasteiger partial charge >= 0.3 is 0 Å². The Kier molecular flexibility index (Phi) is 7.58. The monoisotopic (exact) mass is 836 g/mol. The predicted molar refractivity (Wildman–Crippen MR) is 261 cm³/mol. The quantitative estimate of drug-likeness (QED) is 0.167. The fourth-order valence-corrected chi connectivity index (χ4v) is 12.8. The van der Waals surface area contributed by atoms with Crippen molar-refractivity contribution in [2.45, 2.75) is 13.8 Å². The summed E-state index contributed by atoms with van der Waals surface area (Å²) in [7, 11) is 0. The summed E-state index contributed by atoms with van der Waals surface area (Å²) in [6.07, 6.45) is 0. The van der Waals surface area contributed by atoms with Gasteiger partial charge in [0.25, 0.3) is 0 Å². The first kappa shape index (κ1) is 35.6. The molecule has 13 rings (SSSR count). The Bertz CT molecular complexity index is 3980. The van der Waals surface area contributed by atoms with Crippen LogP contribution in [0.15, 0.2) is 170 Å². The predicted octanol–water partition coefficient (Wildman–Crippen LogP) is 16.8. The molecule has 0 N–H and O–H groups in total. The molecular weight excluding hydrogens is 803 g/mol. The Hall–Kier alpha value is -7.12. The van der Waals surface area contributed by atoms with Crippen molar-refractivity contribution in [2.24, 2.45) is 0 Å². The van der Waals surface area contributed by atoms with E-state index in [1.807, 2.05) is 23.5 Å². The van der Waals surface area contributed by atoms with Crippen LogP contribution in [0.3, 0.4) is 0 Å². The van der Waals surface area contributed by atoms with Gasteiger partial charge in [-0.3, -0.25) is 0 Å². The van der Waals surface area contributed by atoms with Gasteiger partial charge in [-0.15, -0.1) is 22.7 Å². The fourth-order valence-electron chi connectivity index (χ4n) is 10.5. The minimum Gasteiger partial charge on any atom is -0.308 e. The first-order valence-electron chi connectivity index (χ1n) is 20.8. The van der Waals surface area contributed by atoms with E-state index in [0.29, 0.717) is 0 Å². The molecule has 0 bridgehead atoms. The summed E-state index contributed by atoms with van der Waals surface area (Å²) in [6, 6.07) is 57.4. The molecule has 0 amide bonds. The molecule has 2 nitrogen and oxygen atoms in total. The molecule has 4 aromatic heterocycles. The van der Waals surface area contributed by atoms with Gasteiger partial charge in [0, 0.05) is 73.0 Å². The first-order chi connectivity index (χ1) is 30.4. The maximum absolute atomic E-state index is 15.9. The molecule has 13 aromatic rings. The van der Waals surface area contributed by atoms with E-state index in [4.69, 9.17) is 0 Å². The van der Waals surface area contributed by atoms with Gasteiger partial charge in [-0.1, -0.05) is 109 Å². The Labute approximate surface area is 362 Å². The molecule has 294 valence electrons. The molecule has 0 aliphatic rings. The van der Waals surface area contributed by atoms with Gasteiger partial charge < -0.3 is 9.13 Å². The first-order valence-corrected chi connectivity index (χ1v) is 22.4. The van der Waals surface area contributed by atoms with E-state index >= 15 is 8.78 Å². The Morgan fingerprint density at radius 3 is 1.26 bits per heavy atom. The van der Waals surface area contributed by atoms with Gasteiger partial charge in [0.15, 0.2) is 0 Å². The largest absolute Gasteiger partial charge is 0.308 e. The summed E-state index contributed by atoms with van der Waals surface area (Å²) in [5, 5.41) is 9.32. The summed E-state index contributed by atoms with van der Waals surface area (Å²) >= 11 is 3.60. The van der Waals surface area contributed by atoms with Crippen LogP contribution in [0, 0.1) is 25.5 Å². The number of rotatable bonds is 4. The highest BCUT2D eigenvalue weighted by Crippen LogP contribution is 2.52. The van der Waals surface area contributed by atoms with Crippen LogP contribution in [0.2, 0.25) is 0 Å². The molecule has 4 heterocycles. The summed E-state index contributed by atoms with van der Waals surface area (Å²) < 4.78 is 41.5. The lowest BCUT2D eigenvalue weighted by Gasteiger charge is -2.27. The highest BCUT2D eigenvalue weighted by molar-refractivity contribution is 7.26. The third-order valence-corrected chi connectivity index (χ3v) is 15.2. The second-order valence-corrected chi connectivity index (χ2v) is 18.5. The third-order valence-electron chi connectivity index (χ3n) is 13.0. The normalized spacial score (nSPS) is 12.2. The van der Waals surface area contributed by atoms with Crippen LogP contribution in [0.1, 0.15) is 11.1 Å². The maximum atomic E-state index is 15.9. The van der Waals surface area contributed by atoms with Crippen molar-refractivity contribution in [3.63, 3.8) is 0 Å². The molecule has 0 atom stereocenters. The topological polar surface area (TPSA) is 9.86 Å². The number of para-hydroxylation sites is 2. The van der Waals surface area contributed by atoms with E-state index in [1.165, 1.54) is 52.5 Å². The van der Waals surface area contributed by atoms with Crippen LogP contribution in [-0.2, 0) is 0 Å². The van der Waals surface area contributed by atoms with Crippen LogP contribution in [0.25, 0.3) is 118 Å². The number of thiophene rings is 2. The molecule has 0 saturated heterocycles. The van der Waals surface area contributed by atoms with E-state index < -0.39 is 0 Å². The molecule has 0 aliphatic heterocycles. The van der Waals surface area contributed by atoms with Gasteiger partial charge in [-0.05, 0) is 96.8 Å². The van der Waals surface area contributed by atoms with Gasteiger partial charge in [0.2, 0.25) is 0 Å². The Morgan fingerprint density at radius 1 is 0.371 bits per heavy atom. The molecule has 0 radical (unpaired) electrons. The van der Waals surface area contributed by atoms with Crippen LogP contribution in [0.5, 0.6) is 0 Å². The van der Waals surface area contributed by atoms with E-state index in [2.05, 4.69) is 144 Å². The molecule has 6 heteroatoms. The zero-order chi connectivity index (χ0) is 41.4. The van der Waals surface area contributed by atoms with Gasteiger partial charge in [0.1, 0.15) is 11.6 Å². The van der Waals surface area contributed by atoms with E-state index in [0.717, 1.165) is 88.4 Å². The van der Waals surface area contributed by atoms with Crippen molar-refractivity contribution >= 4 is 107 Å². The summed E-state index contributed by atoms with van der Waals surface area (Å²) in [5.74, 6) is -0.641. The van der Waals surface area contributed by atoms with Gasteiger partial charge in [-0.25, -0.2) is 8.78 Å². The molecule has 0 unspecified atom stereocenters. The number of nitrogens with zero attached hydrogens (tertiary/aromatic N) is 2. The number of hydrogen-bond donors (Lipinski definition) is 0. The second-order valence-electron chi connectivity index (χ2n) is 16.3. The van der Waals surface area contributed by atoms with Crippen LogP contribution in [-0.4, -0.2) is 9.13 Å². The lowest BCUT2D eigenvalue weighted by Crippen LogP contribution is -2.10. The average Bonchev–Trinajstić information content (AvgIpc) is 4.04. The third kappa shape index (κ3) is 4.87. The van der Waals surface area contributed by atoms with Crippen LogP contribution in [0.4, 0.5) is 8.78 Å². The Balaban J connectivity index is 1.31. The SMILES string of the molecule is Cc1c(-c2cccc(F)c2)c(-n2c3ccccc3c3ccc4sc5ccccc5c4c32)c(-c2cccc(F)c2)c(C)c1-n1c2ccccc2c2ccc3sc4ccccc4c3c21. The highest BCUT2D eigenvalue weighted by atomic mass is 32.1. The zero-order valence-corrected chi connectivity index (χ0v) is 35.3. The van der Waals surface area contributed by atoms with Crippen molar-refractivity contribution in [1.29, 1.82) is 0 Å². The molecule has 0 spiro atoms. The summed E-state index contributed by atoms with van der Waals surface area (Å²) in [5.41, 5.74) is 11.4. The molecule has 0 aliphatic carbocycles. The number of benzene rings is 9. The minimum atomic E-state index is -0.320. The van der Waals surface area contributed by atoms with E-state index in [9.17, 15) is 0 Å². The van der Waals surface area contributed by atoms with Crippen molar-refractivity contribution < 1.29 is 8.78 Å². The molecule has 0 saturated carbocycles. The summed E-state index contributed by atoms with van der Waals surface area (Å²) in [6.45, 7) is 4.38. The summed E-state index contributed by atoms with van der Waals surface area (Å²) in [4.78, 5) is 0. The van der Waals surface area contributed by atoms with Crippen LogP contribution < -0.4 is 0 Å². The van der Waals surface area contributed by atoms with Crippen molar-refractivity contribution in [3.05, 3.63) is 193 Å². The molecule has 62 heavy (non-hydrogen) atoms. The van der Waals surface area contributed by atoms with Crippen molar-refractivity contribution in [3.8, 4) is 33.6 Å². The number of fused-ring (bicyclic) bond motifs is 14. The molecular formula is C56H34F2N2S2. The second kappa shape index (κ2) is 13.2. The number of aromatic nitrogens is 2. The van der Waals surface area contributed by atoms with E-state index in [-0.39, 0.29) is 11.6 Å². The smallest absolute Gasteiger partial charge is 0.123 e. The number of halogens is 2. The van der Waals surface area contributed by atoms with Gasteiger partial charge in [0.05, 0.1) is 33.4 Å². The lowest BCUT2D eigenvalue weighted by molar-refractivity contribution is 0.628. The van der Waals surface area contributed by atoms with Gasteiger partial charge in [-0.2, -0.15) is 0 Å². The van der Waals surface area contributed by atoms with Crippen molar-refractivity contribution in [1.82, 2.24) is 9.13 Å². The fraction of sp³-hybridized carbons (Fsp3) is 0.0357. The molecule has 9 aromatic carbocycles. The Morgan fingerprint density at radius 2 is 0.790 bits per heavy atom. The minimum absolute atomic E-state index is 0.320. The van der Waals surface area contributed by atoms with Crippen LogP contribution >= 0.6 is 22.7 Å². The number of hydrogen-bond acceptors (Lipinski definition) is 2. The zero-order valence-electron chi connectivity index (χ0n) is 33.6. The van der Waals surface area contributed by atoms with E-state index in [1.54, 1.807) is 35.6 Å². The average molecular weight is 837 g/mol.